The normalized spacial score (nSPS) is 31.7. The van der Waals surface area contributed by atoms with E-state index < -0.39 is 12.0 Å². The molecular weight excluding hydrogens is 248 g/mol. The summed E-state index contributed by atoms with van der Waals surface area (Å²) in [4.78, 5) is 36.4. The van der Waals surface area contributed by atoms with Crippen molar-refractivity contribution in [3.05, 3.63) is 0 Å². The van der Waals surface area contributed by atoms with Gasteiger partial charge in [-0.05, 0) is 32.6 Å². The van der Waals surface area contributed by atoms with Crippen LogP contribution in [-0.4, -0.2) is 46.9 Å². The number of nitrogens with zero attached hydrogens (tertiary/aromatic N) is 1. The van der Waals surface area contributed by atoms with Crippen LogP contribution in [0, 0.1) is 11.8 Å². The van der Waals surface area contributed by atoms with Crippen molar-refractivity contribution in [2.75, 3.05) is 13.1 Å². The van der Waals surface area contributed by atoms with Crippen LogP contribution < -0.4 is 5.32 Å². The summed E-state index contributed by atoms with van der Waals surface area (Å²) in [6.07, 6.45) is 2.33. The van der Waals surface area contributed by atoms with Crippen molar-refractivity contribution in [2.45, 2.75) is 38.6 Å². The zero-order valence-electron chi connectivity index (χ0n) is 11.1. The van der Waals surface area contributed by atoms with Crippen molar-refractivity contribution in [1.82, 2.24) is 10.2 Å². The molecule has 106 valence electrons. The third-order valence-electron chi connectivity index (χ3n) is 4.21. The van der Waals surface area contributed by atoms with E-state index in [1.165, 1.54) is 0 Å². The smallest absolute Gasteiger partial charge is 0.306 e. The van der Waals surface area contributed by atoms with Gasteiger partial charge in [0.15, 0.2) is 0 Å². The number of amides is 2. The second kappa shape index (κ2) is 5.59. The number of carbonyl (C=O) groups is 3. The van der Waals surface area contributed by atoms with Crippen molar-refractivity contribution in [2.24, 2.45) is 11.8 Å². The third kappa shape index (κ3) is 2.88. The van der Waals surface area contributed by atoms with Crippen LogP contribution in [0.25, 0.3) is 0 Å². The van der Waals surface area contributed by atoms with E-state index in [-0.39, 0.29) is 23.7 Å². The van der Waals surface area contributed by atoms with Crippen LogP contribution in [0.15, 0.2) is 0 Å². The number of hydrogen-bond acceptors (Lipinski definition) is 3. The molecule has 2 aliphatic rings. The standard InChI is InChI=1S/C13H20N2O4/c1-8-11(16)14-6-7-15(8)12(17)9-2-4-10(5-3-9)13(18)19/h8-10H,2-7H2,1H3,(H,14,16)(H,18,19). The number of carboxylic acids is 1. The molecule has 0 spiro atoms. The highest BCUT2D eigenvalue weighted by atomic mass is 16.4. The maximum absolute atomic E-state index is 12.4. The number of carbonyl (C=O) groups excluding carboxylic acids is 2. The second-order valence-electron chi connectivity index (χ2n) is 5.39. The number of carboxylic acid groups (broad SMARTS) is 1. The van der Waals surface area contributed by atoms with E-state index in [9.17, 15) is 14.4 Å². The highest BCUT2D eigenvalue weighted by Gasteiger charge is 2.36. The summed E-state index contributed by atoms with van der Waals surface area (Å²) in [5, 5.41) is 11.7. The Labute approximate surface area is 112 Å². The van der Waals surface area contributed by atoms with E-state index in [4.69, 9.17) is 5.11 Å². The van der Waals surface area contributed by atoms with Crippen molar-refractivity contribution >= 4 is 17.8 Å². The zero-order chi connectivity index (χ0) is 14.0. The molecule has 1 heterocycles. The van der Waals surface area contributed by atoms with Crippen molar-refractivity contribution in [1.29, 1.82) is 0 Å². The maximum Gasteiger partial charge on any atom is 0.306 e. The van der Waals surface area contributed by atoms with E-state index >= 15 is 0 Å². The summed E-state index contributed by atoms with van der Waals surface area (Å²) in [7, 11) is 0. The van der Waals surface area contributed by atoms with E-state index in [1.54, 1.807) is 11.8 Å². The number of rotatable bonds is 2. The molecule has 1 aliphatic carbocycles. The van der Waals surface area contributed by atoms with Crippen LogP contribution in [0.3, 0.4) is 0 Å². The largest absolute Gasteiger partial charge is 0.481 e. The zero-order valence-corrected chi connectivity index (χ0v) is 11.1. The Morgan fingerprint density at radius 2 is 1.79 bits per heavy atom. The van der Waals surface area contributed by atoms with Gasteiger partial charge in [0, 0.05) is 19.0 Å². The molecule has 1 saturated carbocycles. The van der Waals surface area contributed by atoms with Gasteiger partial charge in [0.05, 0.1) is 5.92 Å². The second-order valence-corrected chi connectivity index (χ2v) is 5.39. The van der Waals surface area contributed by atoms with Gasteiger partial charge in [-0.2, -0.15) is 0 Å². The molecule has 1 unspecified atom stereocenters. The summed E-state index contributed by atoms with van der Waals surface area (Å²) in [5.74, 6) is -1.31. The quantitative estimate of drug-likeness (QED) is 0.750. The molecule has 1 aliphatic heterocycles. The van der Waals surface area contributed by atoms with Gasteiger partial charge in [0.2, 0.25) is 11.8 Å². The highest BCUT2D eigenvalue weighted by molar-refractivity contribution is 5.89. The van der Waals surface area contributed by atoms with Gasteiger partial charge in [0.1, 0.15) is 6.04 Å². The summed E-state index contributed by atoms with van der Waals surface area (Å²) >= 11 is 0. The molecule has 2 fully saturated rings. The Morgan fingerprint density at radius 1 is 1.21 bits per heavy atom. The first-order valence-electron chi connectivity index (χ1n) is 6.81. The molecular formula is C13H20N2O4. The molecule has 1 saturated heterocycles. The highest BCUT2D eigenvalue weighted by Crippen LogP contribution is 2.30. The van der Waals surface area contributed by atoms with E-state index in [0.717, 1.165) is 0 Å². The minimum atomic E-state index is -0.767. The number of piperazine rings is 1. The van der Waals surface area contributed by atoms with Gasteiger partial charge in [-0.25, -0.2) is 0 Å². The molecule has 1 atom stereocenters. The maximum atomic E-state index is 12.4. The molecule has 0 aromatic heterocycles. The molecule has 6 heteroatoms. The number of aliphatic carboxylic acids is 1. The lowest BCUT2D eigenvalue weighted by molar-refractivity contribution is -0.149. The minimum absolute atomic E-state index is 0.00573. The predicted molar refractivity (Wildman–Crippen MR) is 67.3 cm³/mol. The Kier molecular flexibility index (Phi) is 4.07. The monoisotopic (exact) mass is 268 g/mol. The Morgan fingerprint density at radius 3 is 2.37 bits per heavy atom. The molecule has 0 radical (unpaired) electrons. The van der Waals surface area contributed by atoms with Gasteiger partial charge in [-0.3, -0.25) is 14.4 Å². The summed E-state index contributed by atoms with van der Waals surface area (Å²) in [6, 6.07) is -0.418. The number of nitrogens with one attached hydrogen (secondary N) is 1. The van der Waals surface area contributed by atoms with Gasteiger partial charge in [-0.15, -0.1) is 0 Å². The first-order valence-corrected chi connectivity index (χ1v) is 6.81. The van der Waals surface area contributed by atoms with Gasteiger partial charge in [-0.1, -0.05) is 0 Å². The SMILES string of the molecule is CC1C(=O)NCCN1C(=O)C1CCC(C(=O)O)CC1. The van der Waals surface area contributed by atoms with Gasteiger partial charge >= 0.3 is 5.97 Å². The molecule has 2 rings (SSSR count). The fraction of sp³-hybridized carbons (Fsp3) is 0.769. The predicted octanol–water partition coefficient (Wildman–Crippen LogP) is 0.224. The van der Waals surface area contributed by atoms with E-state index in [2.05, 4.69) is 5.32 Å². The van der Waals surface area contributed by atoms with Crippen molar-refractivity contribution in [3.63, 3.8) is 0 Å². The van der Waals surface area contributed by atoms with Crippen LogP contribution in [0.2, 0.25) is 0 Å². The topological polar surface area (TPSA) is 86.7 Å². The molecule has 2 amide bonds. The first-order chi connectivity index (χ1) is 9.00. The Hall–Kier alpha value is -1.59. The van der Waals surface area contributed by atoms with E-state index in [0.29, 0.717) is 38.8 Å². The lowest BCUT2D eigenvalue weighted by Crippen LogP contribution is -2.57. The lowest BCUT2D eigenvalue weighted by Gasteiger charge is -2.36. The van der Waals surface area contributed by atoms with Crippen molar-refractivity contribution in [3.8, 4) is 0 Å². The van der Waals surface area contributed by atoms with Crippen LogP contribution in [0.4, 0.5) is 0 Å². The van der Waals surface area contributed by atoms with Crippen LogP contribution in [0.5, 0.6) is 0 Å². The molecule has 2 N–H and O–H groups in total. The Bertz CT molecular complexity index is 388. The van der Waals surface area contributed by atoms with Gasteiger partial charge in [0.25, 0.3) is 0 Å². The van der Waals surface area contributed by atoms with Crippen LogP contribution in [-0.2, 0) is 14.4 Å². The average molecular weight is 268 g/mol. The molecule has 6 nitrogen and oxygen atoms in total. The lowest BCUT2D eigenvalue weighted by atomic mass is 9.81. The van der Waals surface area contributed by atoms with Crippen molar-refractivity contribution < 1.29 is 19.5 Å². The van der Waals surface area contributed by atoms with E-state index in [1.807, 2.05) is 0 Å². The molecule has 0 aromatic carbocycles. The van der Waals surface area contributed by atoms with Crippen LogP contribution >= 0.6 is 0 Å². The minimum Gasteiger partial charge on any atom is -0.481 e. The van der Waals surface area contributed by atoms with Crippen LogP contribution in [0.1, 0.15) is 32.6 Å². The summed E-state index contributed by atoms with van der Waals surface area (Å²) in [6.45, 7) is 2.78. The Balaban J connectivity index is 1.94. The fourth-order valence-corrected chi connectivity index (χ4v) is 2.91. The number of hydrogen-bond donors (Lipinski definition) is 2. The third-order valence-corrected chi connectivity index (χ3v) is 4.21. The summed E-state index contributed by atoms with van der Waals surface area (Å²) in [5.41, 5.74) is 0. The fourth-order valence-electron chi connectivity index (χ4n) is 2.91. The molecule has 0 bridgehead atoms. The first kappa shape index (κ1) is 13.8. The van der Waals surface area contributed by atoms with Gasteiger partial charge < -0.3 is 15.3 Å². The molecule has 19 heavy (non-hydrogen) atoms. The summed E-state index contributed by atoms with van der Waals surface area (Å²) < 4.78 is 0. The molecule has 0 aromatic rings. The average Bonchev–Trinajstić information content (AvgIpc) is 2.41.